The van der Waals surface area contributed by atoms with Crippen LogP contribution in [-0.2, 0) is 0 Å². The van der Waals surface area contributed by atoms with Gasteiger partial charge < -0.3 is 20.5 Å². The Morgan fingerprint density at radius 3 is 2.21 bits per heavy atom. The molecule has 100 valence electrons. The Hall–Kier alpha value is -2.07. The fourth-order valence-corrected chi connectivity index (χ4v) is 1.96. The summed E-state index contributed by atoms with van der Waals surface area (Å²) in [6.07, 6.45) is 0. The second-order valence-electron chi connectivity index (χ2n) is 3.93. The molecule has 5 heteroatoms. The van der Waals surface area contributed by atoms with Gasteiger partial charge in [-0.3, -0.25) is 0 Å². The van der Waals surface area contributed by atoms with Crippen LogP contribution in [0.1, 0.15) is 0 Å². The average Bonchev–Trinajstić information content (AvgIpc) is 2.41. The summed E-state index contributed by atoms with van der Waals surface area (Å²) < 4.78 is 10.3. The Labute approximate surface area is 117 Å². The second kappa shape index (κ2) is 5.71. The number of anilines is 3. The van der Waals surface area contributed by atoms with Gasteiger partial charge in [0.2, 0.25) is 0 Å². The van der Waals surface area contributed by atoms with Crippen molar-refractivity contribution in [3.8, 4) is 11.5 Å². The zero-order chi connectivity index (χ0) is 13.8. The van der Waals surface area contributed by atoms with E-state index >= 15 is 0 Å². The number of ether oxygens (including phenoxy) is 2. The Morgan fingerprint density at radius 1 is 0.947 bits per heavy atom. The summed E-state index contributed by atoms with van der Waals surface area (Å²) in [5.74, 6) is 1.27. The lowest BCUT2D eigenvalue weighted by atomic mass is 10.2. The maximum absolute atomic E-state index is 6.07. The Balaban J connectivity index is 2.23. The number of nitrogens with two attached hydrogens (primary N) is 1. The summed E-state index contributed by atoms with van der Waals surface area (Å²) in [4.78, 5) is 0. The van der Waals surface area contributed by atoms with Crippen LogP contribution in [-0.4, -0.2) is 14.2 Å². The molecule has 2 rings (SSSR count). The predicted octanol–water partition coefficient (Wildman–Crippen LogP) is 3.68. The zero-order valence-corrected chi connectivity index (χ0v) is 11.5. The highest BCUT2D eigenvalue weighted by molar-refractivity contribution is 6.32. The standard InChI is InChI=1S/C14H15ClN2O2/c1-18-13-6-4-9(7-11(13)15)17-10-3-5-12(16)14(8-10)19-2/h3-8,17H,16H2,1-2H3. The van der Waals surface area contributed by atoms with E-state index in [0.29, 0.717) is 22.2 Å². The molecule has 0 radical (unpaired) electrons. The van der Waals surface area contributed by atoms with Crippen molar-refractivity contribution < 1.29 is 9.47 Å². The molecule has 0 atom stereocenters. The molecular weight excluding hydrogens is 264 g/mol. The molecule has 0 aliphatic rings. The van der Waals surface area contributed by atoms with Gasteiger partial charge in [0, 0.05) is 17.4 Å². The molecule has 0 spiro atoms. The number of rotatable bonds is 4. The topological polar surface area (TPSA) is 56.5 Å². The molecule has 0 fully saturated rings. The van der Waals surface area contributed by atoms with E-state index in [-0.39, 0.29) is 0 Å². The quantitative estimate of drug-likeness (QED) is 0.838. The molecule has 0 saturated heterocycles. The average molecular weight is 279 g/mol. The van der Waals surface area contributed by atoms with Crippen LogP contribution in [0.2, 0.25) is 5.02 Å². The van der Waals surface area contributed by atoms with Crippen LogP contribution >= 0.6 is 11.6 Å². The van der Waals surface area contributed by atoms with Crippen molar-refractivity contribution in [2.75, 3.05) is 25.3 Å². The molecule has 0 bridgehead atoms. The fourth-order valence-electron chi connectivity index (χ4n) is 1.70. The highest BCUT2D eigenvalue weighted by Crippen LogP contribution is 2.31. The summed E-state index contributed by atoms with van der Waals surface area (Å²) in [6, 6.07) is 11.0. The van der Waals surface area contributed by atoms with Gasteiger partial charge in [-0.1, -0.05) is 11.6 Å². The third kappa shape index (κ3) is 3.03. The summed E-state index contributed by atoms with van der Waals surface area (Å²) in [6.45, 7) is 0. The van der Waals surface area contributed by atoms with Gasteiger partial charge in [-0.15, -0.1) is 0 Å². The first-order chi connectivity index (χ1) is 9.13. The Kier molecular flexibility index (Phi) is 4.02. The number of benzene rings is 2. The molecule has 4 nitrogen and oxygen atoms in total. The van der Waals surface area contributed by atoms with Gasteiger partial charge in [-0.2, -0.15) is 0 Å². The van der Waals surface area contributed by atoms with E-state index in [2.05, 4.69) is 5.32 Å². The summed E-state index contributed by atoms with van der Waals surface area (Å²) >= 11 is 6.07. The van der Waals surface area contributed by atoms with E-state index in [4.69, 9.17) is 26.8 Å². The smallest absolute Gasteiger partial charge is 0.143 e. The molecule has 0 aromatic heterocycles. The molecule has 2 aromatic rings. The van der Waals surface area contributed by atoms with Crippen LogP contribution in [0.25, 0.3) is 0 Å². The predicted molar refractivity (Wildman–Crippen MR) is 78.7 cm³/mol. The van der Waals surface area contributed by atoms with Crippen molar-refractivity contribution in [3.05, 3.63) is 41.4 Å². The van der Waals surface area contributed by atoms with Gasteiger partial charge in [0.25, 0.3) is 0 Å². The van der Waals surface area contributed by atoms with Crippen molar-refractivity contribution in [1.29, 1.82) is 0 Å². The SMILES string of the molecule is COc1cc(Nc2ccc(OC)c(Cl)c2)ccc1N. The summed E-state index contributed by atoms with van der Waals surface area (Å²) in [5, 5.41) is 3.77. The number of nitrogens with one attached hydrogen (secondary N) is 1. The minimum Gasteiger partial charge on any atom is -0.495 e. The molecule has 0 heterocycles. The van der Waals surface area contributed by atoms with Gasteiger partial charge in [0.15, 0.2) is 0 Å². The van der Waals surface area contributed by atoms with Crippen LogP contribution in [0.15, 0.2) is 36.4 Å². The maximum atomic E-state index is 6.07. The van der Waals surface area contributed by atoms with Crippen LogP contribution in [0.5, 0.6) is 11.5 Å². The normalized spacial score (nSPS) is 10.1. The fraction of sp³-hybridized carbons (Fsp3) is 0.143. The largest absolute Gasteiger partial charge is 0.495 e. The second-order valence-corrected chi connectivity index (χ2v) is 4.34. The number of halogens is 1. The highest BCUT2D eigenvalue weighted by Gasteiger charge is 2.04. The van der Waals surface area contributed by atoms with Gasteiger partial charge >= 0.3 is 0 Å². The zero-order valence-electron chi connectivity index (χ0n) is 10.7. The molecule has 0 unspecified atom stereocenters. The number of methoxy groups -OCH3 is 2. The first kappa shape index (κ1) is 13.4. The van der Waals surface area contributed by atoms with Gasteiger partial charge in [0.1, 0.15) is 11.5 Å². The van der Waals surface area contributed by atoms with Crippen LogP contribution < -0.4 is 20.5 Å². The summed E-state index contributed by atoms with van der Waals surface area (Å²) in [7, 11) is 3.17. The lowest BCUT2D eigenvalue weighted by Crippen LogP contribution is -1.95. The Bertz CT molecular complexity index is 588. The first-order valence-corrected chi connectivity index (χ1v) is 6.06. The molecule has 3 N–H and O–H groups in total. The van der Waals surface area contributed by atoms with Crippen LogP contribution in [0.3, 0.4) is 0 Å². The van der Waals surface area contributed by atoms with Crippen molar-refractivity contribution in [2.24, 2.45) is 0 Å². The molecular formula is C14H15ClN2O2. The van der Waals surface area contributed by atoms with Gasteiger partial charge in [-0.25, -0.2) is 0 Å². The van der Waals surface area contributed by atoms with Crippen LogP contribution in [0.4, 0.5) is 17.1 Å². The monoisotopic (exact) mass is 278 g/mol. The van der Waals surface area contributed by atoms with Gasteiger partial charge in [-0.05, 0) is 30.3 Å². The molecule has 0 amide bonds. The van der Waals surface area contributed by atoms with Crippen molar-refractivity contribution in [2.45, 2.75) is 0 Å². The van der Waals surface area contributed by atoms with E-state index in [1.54, 1.807) is 32.4 Å². The Morgan fingerprint density at radius 2 is 1.58 bits per heavy atom. The van der Waals surface area contributed by atoms with E-state index in [9.17, 15) is 0 Å². The number of nitrogen functional groups attached to an aromatic ring is 1. The van der Waals surface area contributed by atoms with Crippen molar-refractivity contribution in [1.82, 2.24) is 0 Å². The molecule has 0 aliphatic heterocycles. The highest BCUT2D eigenvalue weighted by atomic mass is 35.5. The minimum absolute atomic E-state index is 0.551. The third-order valence-electron chi connectivity index (χ3n) is 2.67. The van der Waals surface area contributed by atoms with Crippen molar-refractivity contribution >= 4 is 28.7 Å². The molecule has 19 heavy (non-hydrogen) atoms. The molecule has 2 aromatic carbocycles. The van der Waals surface area contributed by atoms with Crippen molar-refractivity contribution in [3.63, 3.8) is 0 Å². The van der Waals surface area contributed by atoms with E-state index in [1.165, 1.54) is 0 Å². The number of hydrogen-bond donors (Lipinski definition) is 2. The molecule has 0 saturated carbocycles. The van der Waals surface area contributed by atoms with E-state index < -0.39 is 0 Å². The first-order valence-electron chi connectivity index (χ1n) is 5.68. The van der Waals surface area contributed by atoms with E-state index in [1.807, 2.05) is 18.2 Å². The van der Waals surface area contributed by atoms with E-state index in [0.717, 1.165) is 11.4 Å². The number of hydrogen-bond acceptors (Lipinski definition) is 4. The lowest BCUT2D eigenvalue weighted by molar-refractivity contribution is 0.415. The van der Waals surface area contributed by atoms with Crippen LogP contribution in [0, 0.1) is 0 Å². The third-order valence-corrected chi connectivity index (χ3v) is 2.97. The minimum atomic E-state index is 0.551. The molecule has 0 aliphatic carbocycles. The maximum Gasteiger partial charge on any atom is 0.143 e. The lowest BCUT2D eigenvalue weighted by Gasteiger charge is -2.11. The van der Waals surface area contributed by atoms with Gasteiger partial charge in [0.05, 0.1) is 24.9 Å². The summed E-state index contributed by atoms with van der Waals surface area (Å²) in [5.41, 5.74) is 8.09.